The third kappa shape index (κ3) is 3.04. The Morgan fingerprint density at radius 3 is 2.67 bits per heavy atom. The van der Waals surface area contributed by atoms with Crippen LogP contribution >= 0.6 is 0 Å². The van der Waals surface area contributed by atoms with Gasteiger partial charge in [-0.15, -0.1) is 15.3 Å². The molecule has 3 aliphatic rings. The second kappa shape index (κ2) is 6.75. The first-order valence-electron chi connectivity index (χ1n) is 10.2. The summed E-state index contributed by atoms with van der Waals surface area (Å²) in [5.41, 5.74) is 1.47. The van der Waals surface area contributed by atoms with E-state index in [4.69, 9.17) is 14.6 Å². The molecule has 0 atom stereocenters. The molecule has 2 fully saturated rings. The average Bonchev–Trinajstić information content (AvgIpc) is 3.36. The van der Waals surface area contributed by atoms with Crippen LogP contribution in [0.25, 0.3) is 5.65 Å². The van der Waals surface area contributed by atoms with Crippen molar-refractivity contribution in [2.75, 3.05) is 43.2 Å². The third-order valence-corrected chi connectivity index (χ3v) is 5.73. The number of piperazine rings is 1. The molecule has 4 heterocycles. The Kier molecular flexibility index (Phi) is 3.90. The fourth-order valence-corrected chi connectivity index (χ4v) is 3.88. The van der Waals surface area contributed by atoms with Gasteiger partial charge in [0.1, 0.15) is 5.82 Å². The van der Waals surface area contributed by atoms with Crippen LogP contribution in [-0.4, -0.2) is 63.7 Å². The van der Waals surface area contributed by atoms with Crippen molar-refractivity contribution < 1.29 is 14.3 Å². The topological polar surface area (TPSA) is 97.1 Å². The van der Waals surface area contributed by atoms with Gasteiger partial charge in [-0.1, -0.05) is 0 Å². The molecular formula is C20H21N7O3. The lowest BCUT2D eigenvalue weighted by atomic mass is 10.2. The lowest BCUT2D eigenvalue weighted by Crippen LogP contribution is -2.50. The van der Waals surface area contributed by atoms with Crippen molar-refractivity contribution in [3.63, 3.8) is 0 Å². The van der Waals surface area contributed by atoms with Crippen LogP contribution in [0, 0.1) is 0 Å². The Labute approximate surface area is 172 Å². The molecule has 3 aromatic rings. The standard InChI is InChI=1S/C20H21N7O3/c28-20(21-14-3-4-15-16(11-14)30-12-29-15)26-9-7-25(8-10-26)18-6-5-17-22-23-19(13-1-2-13)27(17)24-18/h3-6,11,13H,1-2,7-10,12H2,(H,21,28). The van der Waals surface area contributed by atoms with Crippen molar-refractivity contribution in [1.82, 2.24) is 24.7 Å². The molecule has 2 aromatic heterocycles. The van der Waals surface area contributed by atoms with Crippen molar-refractivity contribution in [1.29, 1.82) is 0 Å². The number of anilines is 2. The SMILES string of the molecule is O=C(Nc1ccc2c(c1)OCO2)N1CCN(c2ccc3nnc(C4CC4)n3n2)CC1. The summed E-state index contributed by atoms with van der Waals surface area (Å²) in [6, 6.07) is 9.22. The van der Waals surface area contributed by atoms with E-state index in [2.05, 4.69) is 20.4 Å². The highest BCUT2D eigenvalue weighted by atomic mass is 16.7. The summed E-state index contributed by atoms with van der Waals surface area (Å²) in [7, 11) is 0. The first kappa shape index (κ1) is 17.3. The number of aromatic nitrogens is 4. The number of hydrogen-bond donors (Lipinski definition) is 1. The summed E-state index contributed by atoms with van der Waals surface area (Å²) < 4.78 is 12.5. The van der Waals surface area contributed by atoms with Crippen molar-refractivity contribution in [3.05, 3.63) is 36.2 Å². The highest BCUT2D eigenvalue weighted by molar-refractivity contribution is 5.90. The summed E-state index contributed by atoms with van der Waals surface area (Å²) >= 11 is 0. The number of carbonyl (C=O) groups is 1. The first-order valence-corrected chi connectivity index (χ1v) is 10.2. The van der Waals surface area contributed by atoms with Crippen molar-refractivity contribution in [2.45, 2.75) is 18.8 Å². The van der Waals surface area contributed by atoms with Gasteiger partial charge in [0, 0.05) is 43.9 Å². The van der Waals surface area contributed by atoms with E-state index in [9.17, 15) is 4.79 Å². The molecule has 0 radical (unpaired) electrons. The molecule has 1 saturated carbocycles. The van der Waals surface area contributed by atoms with Crippen LogP contribution in [-0.2, 0) is 0 Å². The normalized spacial score (nSPS) is 18.1. The molecule has 0 bridgehead atoms. The van der Waals surface area contributed by atoms with Gasteiger partial charge in [0.05, 0.1) is 0 Å². The Morgan fingerprint density at radius 1 is 1.00 bits per heavy atom. The third-order valence-electron chi connectivity index (χ3n) is 5.73. The number of nitrogens with zero attached hydrogens (tertiary/aromatic N) is 6. The van der Waals surface area contributed by atoms with Crippen LogP contribution in [0.4, 0.5) is 16.3 Å². The maximum Gasteiger partial charge on any atom is 0.321 e. The minimum atomic E-state index is -0.119. The first-order chi connectivity index (χ1) is 14.7. The zero-order valence-corrected chi connectivity index (χ0v) is 16.3. The predicted molar refractivity (Wildman–Crippen MR) is 108 cm³/mol. The summed E-state index contributed by atoms with van der Waals surface area (Å²) in [6.45, 7) is 2.88. The van der Waals surface area contributed by atoms with Crippen LogP contribution in [0.2, 0.25) is 0 Å². The number of fused-ring (bicyclic) bond motifs is 2. The Bertz CT molecular complexity index is 1120. The molecule has 10 heteroatoms. The van der Waals surface area contributed by atoms with Gasteiger partial charge in [0.15, 0.2) is 23.0 Å². The zero-order chi connectivity index (χ0) is 20.1. The Morgan fingerprint density at radius 2 is 1.83 bits per heavy atom. The molecule has 1 aliphatic carbocycles. The molecule has 0 spiro atoms. The number of ether oxygens (including phenoxy) is 2. The van der Waals surface area contributed by atoms with E-state index in [1.54, 1.807) is 12.1 Å². The van der Waals surface area contributed by atoms with Crippen molar-refractivity contribution >= 4 is 23.2 Å². The molecule has 1 N–H and O–H groups in total. The van der Waals surface area contributed by atoms with E-state index < -0.39 is 0 Å². The van der Waals surface area contributed by atoms with Gasteiger partial charge in [0.2, 0.25) is 6.79 Å². The number of hydrogen-bond acceptors (Lipinski definition) is 7. The zero-order valence-electron chi connectivity index (χ0n) is 16.3. The minimum Gasteiger partial charge on any atom is -0.454 e. The molecule has 10 nitrogen and oxygen atoms in total. The van der Waals surface area contributed by atoms with Gasteiger partial charge in [0.25, 0.3) is 0 Å². The van der Waals surface area contributed by atoms with E-state index in [1.807, 2.05) is 27.6 Å². The molecule has 0 unspecified atom stereocenters. The molecule has 1 aromatic carbocycles. The van der Waals surface area contributed by atoms with Gasteiger partial charge in [-0.2, -0.15) is 4.52 Å². The second-order valence-corrected chi connectivity index (χ2v) is 7.77. The van der Waals surface area contributed by atoms with Gasteiger partial charge in [-0.05, 0) is 37.1 Å². The van der Waals surface area contributed by atoms with Gasteiger partial charge < -0.3 is 24.6 Å². The summed E-state index contributed by atoms with van der Waals surface area (Å²) in [5, 5.41) is 16.2. The number of amides is 2. The highest BCUT2D eigenvalue weighted by Crippen LogP contribution is 2.39. The maximum atomic E-state index is 12.7. The lowest BCUT2D eigenvalue weighted by molar-refractivity contribution is 0.174. The highest BCUT2D eigenvalue weighted by Gasteiger charge is 2.30. The summed E-state index contributed by atoms with van der Waals surface area (Å²) in [6.07, 6.45) is 2.31. The Hall–Kier alpha value is -3.56. The maximum absolute atomic E-state index is 12.7. The van der Waals surface area contributed by atoms with Gasteiger partial charge in [-0.25, -0.2) is 4.79 Å². The van der Waals surface area contributed by atoms with E-state index in [0.29, 0.717) is 49.3 Å². The van der Waals surface area contributed by atoms with Crippen LogP contribution in [0.1, 0.15) is 24.6 Å². The fraction of sp³-hybridized carbons (Fsp3) is 0.400. The minimum absolute atomic E-state index is 0.119. The van der Waals surface area contributed by atoms with Crippen LogP contribution in [0.15, 0.2) is 30.3 Å². The summed E-state index contributed by atoms with van der Waals surface area (Å²) in [5.74, 6) is 3.68. The predicted octanol–water partition coefficient (Wildman–Crippen LogP) is 2.08. The quantitative estimate of drug-likeness (QED) is 0.710. The molecule has 30 heavy (non-hydrogen) atoms. The molecule has 6 rings (SSSR count). The number of rotatable bonds is 3. The van der Waals surface area contributed by atoms with Crippen LogP contribution in [0.5, 0.6) is 11.5 Å². The van der Waals surface area contributed by atoms with E-state index >= 15 is 0 Å². The molecule has 1 saturated heterocycles. The number of carbonyl (C=O) groups excluding carboxylic acids is 1. The number of nitrogens with one attached hydrogen (secondary N) is 1. The number of urea groups is 1. The molecule has 2 aliphatic heterocycles. The molecular weight excluding hydrogens is 386 g/mol. The number of benzene rings is 1. The monoisotopic (exact) mass is 407 g/mol. The van der Waals surface area contributed by atoms with Gasteiger partial charge in [-0.3, -0.25) is 0 Å². The smallest absolute Gasteiger partial charge is 0.321 e. The second-order valence-electron chi connectivity index (χ2n) is 7.77. The molecule has 2 amide bonds. The molecule has 154 valence electrons. The van der Waals surface area contributed by atoms with Crippen molar-refractivity contribution in [3.8, 4) is 11.5 Å². The lowest BCUT2D eigenvalue weighted by Gasteiger charge is -2.35. The van der Waals surface area contributed by atoms with Gasteiger partial charge >= 0.3 is 6.03 Å². The van der Waals surface area contributed by atoms with E-state index in [1.165, 1.54) is 0 Å². The average molecular weight is 407 g/mol. The van der Waals surface area contributed by atoms with Crippen molar-refractivity contribution in [2.24, 2.45) is 0 Å². The Balaban J connectivity index is 1.11. The largest absolute Gasteiger partial charge is 0.454 e. The fourth-order valence-electron chi connectivity index (χ4n) is 3.88. The van der Waals surface area contributed by atoms with Crippen LogP contribution < -0.4 is 19.7 Å². The van der Waals surface area contributed by atoms with E-state index in [0.717, 1.165) is 30.1 Å². The van der Waals surface area contributed by atoms with E-state index in [-0.39, 0.29) is 12.8 Å². The summed E-state index contributed by atoms with van der Waals surface area (Å²) in [4.78, 5) is 16.7. The van der Waals surface area contributed by atoms with Crippen LogP contribution in [0.3, 0.4) is 0 Å².